The largest absolute Gasteiger partial charge is 0.382 e. The highest BCUT2D eigenvalue weighted by atomic mass is 16.3. The number of rotatable bonds is 2. The molecule has 0 radical (unpaired) electrons. The lowest BCUT2D eigenvalue weighted by atomic mass is 9.85. The molecular weight excluding hydrogens is 250 g/mol. The fourth-order valence-electron chi connectivity index (χ4n) is 3.10. The summed E-state index contributed by atoms with van der Waals surface area (Å²) in [4.78, 5) is 16.9. The van der Waals surface area contributed by atoms with Gasteiger partial charge in [-0.3, -0.25) is 9.78 Å². The average Bonchev–Trinajstić information content (AvgIpc) is 2.72. The van der Waals surface area contributed by atoms with Gasteiger partial charge in [0.1, 0.15) is 5.60 Å². The molecule has 0 spiro atoms. The van der Waals surface area contributed by atoms with Crippen molar-refractivity contribution in [3.8, 4) is 0 Å². The lowest BCUT2D eigenvalue weighted by molar-refractivity contribution is 0.0240. The zero-order valence-corrected chi connectivity index (χ0v) is 11.5. The molecule has 1 fully saturated rings. The van der Waals surface area contributed by atoms with Crippen molar-refractivity contribution in [2.45, 2.75) is 44.1 Å². The van der Waals surface area contributed by atoms with E-state index in [-0.39, 0.29) is 5.78 Å². The second-order valence-electron chi connectivity index (χ2n) is 5.68. The number of carbonyl (C=O) groups is 1. The number of aromatic nitrogens is 1. The molecular formula is C17H19NO2. The third kappa shape index (κ3) is 2.34. The van der Waals surface area contributed by atoms with E-state index in [4.69, 9.17) is 0 Å². The summed E-state index contributed by atoms with van der Waals surface area (Å²) in [5.41, 5.74) is -0.597. The van der Waals surface area contributed by atoms with Crippen LogP contribution in [-0.2, 0) is 0 Å². The third-order valence-electron chi connectivity index (χ3n) is 4.28. The van der Waals surface area contributed by atoms with Crippen LogP contribution in [0.4, 0.5) is 0 Å². The second-order valence-corrected chi connectivity index (χ2v) is 5.68. The van der Waals surface area contributed by atoms with Crippen molar-refractivity contribution < 1.29 is 9.90 Å². The number of hydrogen-bond acceptors (Lipinski definition) is 3. The monoisotopic (exact) mass is 269 g/mol. The van der Waals surface area contributed by atoms with Crippen molar-refractivity contribution in [3.05, 3.63) is 42.2 Å². The minimum atomic E-state index is -1.19. The van der Waals surface area contributed by atoms with Crippen LogP contribution in [0, 0.1) is 0 Å². The first-order valence-corrected chi connectivity index (χ1v) is 7.31. The third-order valence-corrected chi connectivity index (χ3v) is 4.28. The summed E-state index contributed by atoms with van der Waals surface area (Å²) in [5.74, 6) is -0.141. The summed E-state index contributed by atoms with van der Waals surface area (Å²) >= 11 is 0. The maximum atomic E-state index is 12.8. The van der Waals surface area contributed by atoms with E-state index in [2.05, 4.69) is 4.98 Å². The normalized spacial score (nSPS) is 18.6. The van der Waals surface area contributed by atoms with Gasteiger partial charge in [-0.2, -0.15) is 0 Å². The molecule has 3 heteroatoms. The van der Waals surface area contributed by atoms with Crippen LogP contribution in [0.15, 0.2) is 36.7 Å². The number of hydrogen-bond donors (Lipinski definition) is 1. The summed E-state index contributed by atoms with van der Waals surface area (Å²) in [6, 6.07) is 7.53. The first kappa shape index (κ1) is 13.3. The van der Waals surface area contributed by atoms with E-state index >= 15 is 0 Å². The number of fused-ring (bicyclic) bond motifs is 1. The number of pyridine rings is 1. The first-order valence-electron chi connectivity index (χ1n) is 7.31. The van der Waals surface area contributed by atoms with Gasteiger partial charge in [0.25, 0.3) is 0 Å². The van der Waals surface area contributed by atoms with Crippen LogP contribution in [0.2, 0.25) is 0 Å². The number of carbonyl (C=O) groups excluding carboxylic acids is 1. The van der Waals surface area contributed by atoms with Crippen LogP contribution in [0.25, 0.3) is 10.8 Å². The minimum Gasteiger partial charge on any atom is -0.382 e. The maximum absolute atomic E-state index is 12.8. The van der Waals surface area contributed by atoms with E-state index in [0.29, 0.717) is 18.4 Å². The molecule has 0 bridgehead atoms. The van der Waals surface area contributed by atoms with Crippen LogP contribution >= 0.6 is 0 Å². The van der Waals surface area contributed by atoms with Crippen molar-refractivity contribution in [1.82, 2.24) is 4.98 Å². The van der Waals surface area contributed by atoms with Gasteiger partial charge in [0.2, 0.25) is 0 Å². The average molecular weight is 269 g/mol. The maximum Gasteiger partial charge on any atom is 0.195 e. The quantitative estimate of drug-likeness (QED) is 0.670. The van der Waals surface area contributed by atoms with Gasteiger partial charge in [-0.25, -0.2) is 0 Å². The molecule has 0 saturated heterocycles. The van der Waals surface area contributed by atoms with E-state index in [1.54, 1.807) is 18.5 Å². The highest BCUT2D eigenvalue weighted by Crippen LogP contribution is 2.32. The van der Waals surface area contributed by atoms with Crippen LogP contribution in [0.5, 0.6) is 0 Å². The summed E-state index contributed by atoms with van der Waals surface area (Å²) < 4.78 is 0. The van der Waals surface area contributed by atoms with E-state index < -0.39 is 5.60 Å². The fraction of sp³-hybridized carbons (Fsp3) is 0.412. The van der Waals surface area contributed by atoms with Gasteiger partial charge in [-0.1, -0.05) is 43.9 Å². The molecule has 3 rings (SSSR count). The molecule has 0 atom stereocenters. The first-order chi connectivity index (χ1) is 9.71. The number of benzene rings is 1. The van der Waals surface area contributed by atoms with Crippen molar-refractivity contribution in [2.75, 3.05) is 0 Å². The summed E-state index contributed by atoms with van der Waals surface area (Å²) in [6.07, 6.45) is 8.63. The SMILES string of the molecule is O=C(c1cccc2ccncc12)C1(O)CCCCCC1. The Morgan fingerprint density at radius 3 is 2.60 bits per heavy atom. The summed E-state index contributed by atoms with van der Waals surface area (Å²) in [7, 11) is 0. The van der Waals surface area contributed by atoms with Gasteiger partial charge in [0.05, 0.1) is 0 Å². The Morgan fingerprint density at radius 1 is 1.10 bits per heavy atom. The van der Waals surface area contributed by atoms with Gasteiger partial charge in [-0.05, 0) is 24.3 Å². The van der Waals surface area contributed by atoms with Crippen molar-refractivity contribution in [2.24, 2.45) is 0 Å². The van der Waals surface area contributed by atoms with Gasteiger partial charge >= 0.3 is 0 Å². The predicted molar refractivity (Wildman–Crippen MR) is 78.7 cm³/mol. The number of aliphatic hydroxyl groups is 1. The van der Waals surface area contributed by atoms with E-state index in [9.17, 15) is 9.90 Å². The van der Waals surface area contributed by atoms with Crippen LogP contribution in [0.3, 0.4) is 0 Å². The van der Waals surface area contributed by atoms with Gasteiger partial charge in [0.15, 0.2) is 5.78 Å². The Balaban J connectivity index is 2.03. The lowest BCUT2D eigenvalue weighted by Gasteiger charge is -2.25. The van der Waals surface area contributed by atoms with Crippen LogP contribution in [0.1, 0.15) is 48.9 Å². The van der Waals surface area contributed by atoms with Crippen molar-refractivity contribution in [1.29, 1.82) is 0 Å². The topological polar surface area (TPSA) is 50.2 Å². The molecule has 20 heavy (non-hydrogen) atoms. The number of nitrogens with zero attached hydrogens (tertiary/aromatic N) is 1. The van der Waals surface area contributed by atoms with Crippen molar-refractivity contribution in [3.63, 3.8) is 0 Å². The standard InChI is InChI=1S/C17H19NO2/c19-16(17(20)9-3-1-2-4-10-17)14-7-5-6-13-8-11-18-12-15(13)14/h5-8,11-12,20H,1-4,9-10H2. The second kappa shape index (κ2) is 5.33. The molecule has 1 aromatic heterocycles. The van der Waals surface area contributed by atoms with Crippen molar-refractivity contribution >= 4 is 16.6 Å². The van der Waals surface area contributed by atoms with Crippen LogP contribution < -0.4 is 0 Å². The highest BCUT2D eigenvalue weighted by Gasteiger charge is 2.37. The Hall–Kier alpha value is -1.74. The van der Waals surface area contributed by atoms with Crippen LogP contribution in [-0.4, -0.2) is 21.5 Å². The molecule has 104 valence electrons. The Kier molecular flexibility index (Phi) is 3.53. The van der Waals surface area contributed by atoms with E-state index in [0.717, 1.165) is 36.5 Å². The summed E-state index contributed by atoms with van der Waals surface area (Å²) in [5, 5.41) is 12.6. The Morgan fingerprint density at radius 2 is 1.85 bits per heavy atom. The summed E-state index contributed by atoms with van der Waals surface area (Å²) in [6.45, 7) is 0. The number of Topliss-reactive ketones (excluding diaryl/α,β-unsaturated/α-hetero) is 1. The molecule has 1 aliphatic rings. The molecule has 1 aromatic carbocycles. The van der Waals surface area contributed by atoms with E-state index in [1.165, 1.54) is 0 Å². The zero-order chi connectivity index (χ0) is 14.0. The van der Waals surface area contributed by atoms with Gasteiger partial charge in [-0.15, -0.1) is 0 Å². The van der Waals surface area contributed by atoms with E-state index in [1.807, 2.05) is 18.2 Å². The molecule has 3 nitrogen and oxygen atoms in total. The Bertz CT molecular complexity index is 622. The molecule has 2 aromatic rings. The predicted octanol–water partition coefficient (Wildman–Crippen LogP) is 3.50. The van der Waals surface area contributed by atoms with Gasteiger partial charge in [0, 0.05) is 23.3 Å². The molecule has 1 N–H and O–H groups in total. The molecule has 1 aliphatic carbocycles. The molecule has 0 aliphatic heterocycles. The smallest absolute Gasteiger partial charge is 0.195 e. The zero-order valence-electron chi connectivity index (χ0n) is 11.5. The molecule has 0 unspecified atom stereocenters. The molecule has 1 saturated carbocycles. The Labute approximate surface area is 118 Å². The molecule has 1 heterocycles. The minimum absolute atomic E-state index is 0.141. The van der Waals surface area contributed by atoms with Gasteiger partial charge < -0.3 is 5.11 Å². The number of ketones is 1. The highest BCUT2D eigenvalue weighted by molar-refractivity contribution is 6.11. The molecule has 0 amide bonds. The fourth-order valence-corrected chi connectivity index (χ4v) is 3.10. The lowest BCUT2D eigenvalue weighted by Crippen LogP contribution is -2.38.